The van der Waals surface area contributed by atoms with Crippen molar-refractivity contribution < 1.29 is 14.3 Å². The van der Waals surface area contributed by atoms with Crippen LogP contribution in [-0.4, -0.2) is 24.2 Å². The Bertz CT molecular complexity index is 789. The first-order valence-electron chi connectivity index (χ1n) is 9.81. The van der Waals surface area contributed by atoms with Crippen molar-refractivity contribution in [2.75, 3.05) is 6.61 Å². The molecule has 0 aromatic heterocycles. The van der Waals surface area contributed by atoms with Crippen LogP contribution in [0.2, 0.25) is 0 Å². The Balaban J connectivity index is 1.50. The number of nitrogens with two attached hydrogens (primary N) is 1. The van der Waals surface area contributed by atoms with Crippen molar-refractivity contribution in [3.63, 3.8) is 0 Å². The van der Waals surface area contributed by atoms with Crippen molar-refractivity contribution in [3.05, 3.63) is 65.7 Å². The average Bonchev–Trinajstić information content (AvgIpc) is 2.71. The molecule has 3 N–H and O–H groups in total. The van der Waals surface area contributed by atoms with Gasteiger partial charge in [0.1, 0.15) is 17.9 Å². The van der Waals surface area contributed by atoms with Crippen LogP contribution in [-0.2, 0) is 22.7 Å². The fourth-order valence-corrected chi connectivity index (χ4v) is 3.60. The molecule has 1 aliphatic rings. The number of hydrogen-bond acceptors (Lipinski definition) is 4. The lowest BCUT2D eigenvalue weighted by Crippen LogP contribution is -2.75. The van der Waals surface area contributed by atoms with E-state index < -0.39 is 5.54 Å². The molecule has 2 aromatic rings. The van der Waals surface area contributed by atoms with Gasteiger partial charge < -0.3 is 20.5 Å². The van der Waals surface area contributed by atoms with Crippen molar-refractivity contribution in [2.45, 2.75) is 52.0 Å². The number of carbonyl (C=O) groups is 1. The van der Waals surface area contributed by atoms with E-state index in [-0.39, 0.29) is 17.4 Å². The molecule has 0 radical (unpaired) electrons. The highest BCUT2D eigenvalue weighted by atomic mass is 16.5. The van der Waals surface area contributed by atoms with E-state index in [4.69, 9.17) is 15.2 Å². The maximum atomic E-state index is 12.7. The lowest BCUT2D eigenvalue weighted by molar-refractivity contribution is -0.170. The number of hydrogen-bond donors (Lipinski definition) is 2. The second-order valence-electron chi connectivity index (χ2n) is 7.94. The first-order chi connectivity index (χ1) is 13.4. The molecule has 2 unspecified atom stereocenters. The molecule has 5 nitrogen and oxygen atoms in total. The minimum atomic E-state index is -0.893. The number of amides is 1. The molecule has 1 fully saturated rings. The molecule has 28 heavy (non-hydrogen) atoms. The van der Waals surface area contributed by atoms with Crippen LogP contribution in [0.5, 0.6) is 5.75 Å². The predicted molar refractivity (Wildman–Crippen MR) is 110 cm³/mol. The molecule has 2 aromatic carbocycles. The molecular weight excluding hydrogens is 352 g/mol. The minimum absolute atomic E-state index is 0.0251. The summed E-state index contributed by atoms with van der Waals surface area (Å²) in [6.07, 6.45) is 0.576. The SMILES string of the molecule is CCOC1CC(N)(C(=O)NCc2ccc(COc3ccccc3)cc2)C1(C)C. The van der Waals surface area contributed by atoms with Gasteiger partial charge >= 0.3 is 0 Å². The number of rotatable bonds is 8. The molecule has 1 amide bonds. The quantitative estimate of drug-likeness (QED) is 0.734. The molecule has 5 heteroatoms. The van der Waals surface area contributed by atoms with E-state index in [0.29, 0.717) is 26.2 Å². The normalized spacial score (nSPS) is 22.9. The van der Waals surface area contributed by atoms with Gasteiger partial charge in [0, 0.05) is 25.0 Å². The second kappa shape index (κ2) is 8.33. The van der Waals surface area contributed by atoms with Crippen molar-refractivity contribution in [2.24, 2.45) is 11.1 Å². The first-order valence-corrected chi connectivity index (χ1v) is 9.81. The van der Waals surface area contributed by atoms with Gasteiger partial charge in [0.15, 0.2) is 0 Å². The summed E-state index contributed by atoms with van der Waals surface area (Å²) in [5.41, 5.74) is 7.25. The zero-order valence-corrected chi connectivity index (χ0v) is 16.9. The highest BCUT2D eigenvalue weighted by Crippen LogP contribution is 2.49. The summed E-state index contributed by atoms with van der Waals surface area (Å²) in [5, 5.41) is 2.99. The molecule has 150 valence electrons. The summed E-state index contributed by atoms with van der Waals surface area (Å²) in [7, 11) is 0. The maximum Gasteiger partial charge on any atom is 0.241 e. The standard InChI is InChI=1S/C23H30N2O3/c1-4-27-20-14-23(24,22(20,2)3)21(26)25-15-17-10-12-18(13-11-17)16-28-19-8-6-5-7-9-19/h5-13,20H,4,14-16,24H2,1-3H3,(H,25,26). The van der Waals surface area contributed by atoms with Gasteiger partial charge in [0.05, 0.1) is 6.10 Å². The third kappa shape index (κ3) is 4.05. The van der Waals surface area contributed by atoms with E-state index in [1.54, 1.807) is 0 Å². The Labute approximate surface area is 167 Å². The molecule has 1 saturated carbocycles. The molecule has 2 atom stereocenters. The monoisotopic (exact) mass is 382 g/mol. The fraction of sp³-hybridized carbons (Fsp3) is 0.435. The molecular formula is C23H30N2O3. The van der Waals surface area contributed by atoms with Gasteiger partial charge in [0.2, 0.25) is 5.91 Å². The lowest BCUT2D eigenvalue weighted by atomic mass is 9.54. The Morgan fingerprint density at radius 2 is 1.75 bits per heavy atom. The van der Waals surface area contributed by atoms with Gasteiger partial charge in [-0.1, -0.05) is 56.3 Å². The smallest absolute Gasteiger partial charge is 0.241 e. The highest BCUT2D eigenvalue weighted by Gasteiger charge is 2.62. The summed E-state index contributed by atoms with van der Waals surface area (Å²) < 4.78 is 11.4. The van der Waals surface area contributed by atoms with Crippen LogP contribution in [0.3, 0.4) is 0 Å². The number of ether oxygens (including phenoxy) is 2. The molecule has 0 aliphatic heterocycles. The summed E-state index contributed by atoms with van der Waals surface area (Å²) in [4.78, 5) is 12.7. The molecule has 0 saturated heterocycles. The molecule has 1 aliphatic carbocycles. The molecule has 0 spiro atoms. The van der Waals surface area contributed by atoms with E-state index in [1.165, 1.54) is 0 Å². The topological polar surface area (TPSA) is 73.6 Å². The van der Waals surface area contributed by atoms with Crippen LogP contribution in [0.25, 0.3) is 0 Å². The average molecular weight is 383 g/mol. The maximum absolute atomic E-state index is 12.7. The van der Waals surface area contributed by atoms with Crippen molar-refractivity contribution in [1.82, 2.24) is 5.32 Å². The Morgan fingerprint density at radius 3 is 2.36 bits per heavy atom. The van der Waals surface area contributed by atoms with Crippen LogP contribution in [0.4, 0.5) is 0 Å². The van der Waals surface area contributed by atoms with E-state index in [0.717, 1.165) is 16.9 Å². The Hall–Kier alpha value is -2.37. The van der Waals surface area contributed by atoms with E-state index in [1.807, 2.05) is 75.4 Å². The fourth-order valence-electron chi connectivity index (χ4n) is 3.60. The lowest BCUT2D eigenvalue weighted by Gasteiger charge is -2.57. The van der Waals surface area contributed by atoms with Crippen LogP contribution >= 0.6 is 0 Å². The molecule has 3 rings (SSSR count). The van der Waals surface area contributed by atoms with Crippen LogP contribution in [0.15, 0.2) is 54.6 Å². The van der Waals surface area contributed by atoms with Gasteiger partial charge in [-0.25, -0.2) is 0 Å². The third-order valence-electron chi connectivity index (χ3n) is 5.86. The van der Waals surface area contributed by atoms with Gasteiger partial charge in [-0.05, 0) is 30.2 Å². The number of nitrogens with one attached hydrogen (secondary N) is 1. The summed E-state index contributed by atoms with van der Waals surface area (Å²) in [6, 6.07) is 17.8. The van der Waals surface area contributed by atoms with Gasteiger partial charge in [-0.2, -0.15) is 0 Å². The van der Waals surface area contributed by atoms with Crippen molar-refractivity contribution >= 4 is 5.91 Å². The predicted octanol–water partition coefficient (Wildman–Crippen LogP) is 3.41. The zero-order valence-electron chi connectivity index (χ0n) is 16.9. The molecule has 0 bridgehead atoms. The number of benzene rings is 2. The van der Waals surface area contributed by atoms with Gasteiger partial charge in [-0.15, -0.1) is 0 Å². The second-order valence-corrected chi connectivity index (χ2v) is 7.94. The Kier molecular flexibility index (Phi) is 6.06. The van der Waals surface area contributed by atoms with E-state index >= 15 is 0 Å². The minimum Gasteiger partial charge on any atom is -0.489 e. The first kappa shape index (κ1) is 20.4. The van der Waals surface area contributed by atoms with Gasteiger partial charge in [0.25, 0.3) is 0 Å². The number of carbonyl (C=O) groups excluding carboxylic acids is 1. The van der Waals surface area contributed by atoms with Crippen LogP contribution in [0, 0.1) is 5.41 Å². The van der Waals surface area contributed by atoms with Crippen molar-refractivity contribution in [1.29, 1.82) is 0 Å². The van der Waals surface area contributed by atoms with Gasteiger partial charge in [-0.3, -0.25) is 4.79 Å². The van der Waals surface area contributed by atoms with E-state index in [9.17, 15) is 4.79 Å². The molecule has 0 heterocycles. The summed E-state index contributed by atoms with van der Waals surface area (Å²) in [6.45, 7) is 7.55. The number of para-hydroxylation sites is 1. The summed E-state index contributed by atoms with van der Waals surface area (Å²) >= 11 is 0. The van der Waals surface area contributed by atoms with Crippen molar-refractivity contribution in [3.8, 4) is 5.75 Å². The summed E-state index contributed by atoms with van der Waals surface area (Å²) in [5.74, 6) is 0.727. The van der Waals surface area contributed by atoms with Crippen LogP contribution in [0.1, 0.15) is 38.3 Å². The van der Waals surface area contributed by atoms with E-state index in [2.05, 4.69) is 5.32 Å². The zero-order chi connectivity index (χ0) is 20.2. The highest BCUT2D eigenvalue weighted by molar-refractivity contribution is 5.88. The Morgan fingerprint density at radius 1 is 1.11 bits per heavy atom. The largest absolute Gasteiger partial charge is 0.489 e. The van der Waals surface area contributed by atoms with Crippen LogP contribution < -0.4 is 15.8 Å². The third-order valence-corrected chi connectivity index (χ3v) is 5.86.